The summed E-state index contributed by atoms with van der Waals surface area (Å²) < 4.78 is 5.34. The number of aliphatic hydroxyl groups excluding tert-OH is 1. The summed E-state index contributed by atoms with van der Waals surface area (Å²) in [5.41, 5.74) is 2.20. The third kappa shape index (κ3) is 4.74. The number of aliphatic hydroxyl groups is 1. The fraction of sp³-hybridized carbons (Fsp3) is 0.333. The molecule has 0 saturated heterocycles. The van der Waals surface area contributed by atoms with Crippen LogP contribution in [-0.2, 0) is 22.5 Å². The number of anilines is 1. The number of nitro groups is 1. The number of carbonyl (C=O) groups excluding carboxylic acids is 2. The molecule has 2 N–H and O–H groups in total. The summed E-state index contributed by atoms with van der Waals surface area (Å²) in [6.45, 7) is 2.42. The number of nitrogens with zero attached hydrogens (tertiary/aromatic N) is 2. The van der Waals surface area contributed by atoms with Crippen LogP contribution < -0.4 is 5.32 Å². The highest BCUT2D eigenvalue weighted by Crippen LogP contribution is 2.24. The van der Waals surface area contributed by atoms with Gasteiger partial charge in [-0.3, -0.25) is 14.9 Å². The van der Waals surface area contributed by atoms with Gasteiger partial charge in [-0.2, -0.15) is 0 Å². The zero-order valence-corrected chi connectivity index (χ0v) is 16.5. The number of ether oxygens (including phenoxy) is 1. The van der Waals surface area contributed by atoms with Crippen LogP contribution >= 0.6 is 0 Å². The van der Waals surface area contributed by atoms with Gasteiger partial charge in [-0.25, -0.2) is 4.79 Å². The first-order valence-corrected chi connectivity index (χ1v) is 9.60. The normalized spacial score (nSPS) is 13.9. The fourth-order valence-electron chi connectivity index (χ4n) is 3.37. The van der Waals surface area contributed by atoms with E-state index in [0.717, 1.165) is 18.1 Å². The molecule has 30 heavy (non-hydrogen) atoms. The number of hydrogen-bond acceptors (Lipinski definition) is 7. The Morgan fingerprint density at radius 2 is 2.00 bits per heavy atom. The SMILES string of the molecule is CC(OC(=O)c1cc([N+](=O)[O-])ccc1NCCO)C(=O)N1CCc2ccccc2C1. The predicted octanol–water partition coefficient (Wildman–Crippen LogP) is 2.13. The van der Waals surface area contributed by atoms with E-state index in [9.17, 15) is 19.7 Å². The number of non-ortho nitro benzene ring substituents is 1. The molecule has 0 aromatic heterocycles. The maximum atomic E-state index is 12.8. The van der Waals surface area contributed by atoms with Gasteiger partial charge in [0.2, 0.25) is 0 Å². The van der Waals surface area contributed by atoms with Gasteiger partial charge in [-0.05, 0) is 30.5 Å². The summed E-state index contributed by atoms with van der Waals surface area (Å²) in [5.74, 6) is -1.18. The molecule has 1 heterocycles. The van der Waals surface area contributed by atoms with Crippen molar-refractivity contribution in [1.82, 2.24) is 4.90 Å². The minimum atomic E-state index is -1.05. The van der Waals surface area contributed by atoms with Crippen molar-refractivity contribution in [3.05, 3.63) is 69.3 Å². The van der Waals surface area contributed by atoms with Crippen LogP contribution in [0.25, 0.3) is 0 Å². The van der Waals surface area contributed by atoms with E-state index >= 15 is 0 Å². The van der Waals surface area contributed by atoms with Crippen LogP contribution in [0, 0.1) is 10.1 Å². The molecule has 2 aromatic carbocycles. The number of esters is 1. The maximum Gasteiger partial charge on any atom is 0.341 e. The van der Waals surface area contributed by atoms with E-state index in [1.807, 2.05) is 24.3 Å². The van der Waals surface area contributed by atoms with Crippen molar-refractivity contribution in [2.24, 2.45) is 0 Å². The van der Waals surface area contributed by atoms with E-state index < -0.39 is 17.0 Å². The Hall–Kier alpha value is -3.46. The van der Waals surface area contributed by atoms with Crippen molar-refractivity contribution < 1.29 is 24.4 Å². The molecule has 0 fully saturated rings. The van der Waals surface area contributed by atoms with Gasteiger partial charge in [0.15, 0.2) is 6.10 Å². The lowest BCUT2D eigenvalue weighted by Crippen LogP contribution is -2.42. The smallest absolute Gasteiger partial charge is 0.341 e. The molecule has 1 unspecified atom stereocenters. The highest BCUT2D eigenvalue weighted by molar-refractivity contribution is 5.98. The van der Waals surface area contributed by atoms with Crippen LogP contribution in [0.4, 0.5) is 11.4 Å². The Morgan fingerprint density at radius 1 is 1.27 bits per heavy atom. The summed E-state index contributed by atoms with van der Waals surface area (Å²) in [6, 6.07) is 11.6. The number of rotatable bonds is 7. The molecule has 1 amide bonds. The number of carbonyl (C=O) groups is 2. The molecule has 2 aromatic rings. The molecule has 1 atom stereocenters. The van der Waals surface area contributed by atoms with Crippen LogP contribution in [0.15, 0.2) is 42.5 Å². The first kappa shape index (κ1) is 21.3. The molecule has 0 radical (unpaired) electrons. The molecule has 0 spiro atoms. The number of nitrogens with one attached hydrogen (secondary N) is 1. The monoisotopic (exact) mass is 413 g/mol. The molecule has 0 bridgehead atoms. The van der Waals surface area contributed by atoms with E-state index in [1.165, 1.54) is 24.6 Å². The predicted molar refractivity (Wildman–Crippen MR) is 109 cm³/mol. The zero-order chi connectivity index (χ0) is 21.7. The average Bonchev–Trinajstić information content (AvgIpc) is 2.76. The van der Waals surface area contributed by atoms with Crippen LogP contribution in [0.2, 0.25) is 0 Å². The van der Waals surface area contributed by atoms with E-state index in [4.69, 9.17) is 9.84 Å². The molecule has 1 aliphatic rings. The van der Waals surface area contributed by atoms with Crippen LogP contribution in [-0.4, -0.2) is 52.6 Å². The Kier molecular flexibility index (Phi) is 6.63. The van der Waals surface area contributed by atoms with Gasteiger partial charge in [0.05, 0.1) is 17.1 Å². The second-order valence-electron chi connectivity index (χ2n) is 6.96. The van der Waals surface area contributed by atoms with E-state index in [0.29, 0.717) is 13.1 Å². The van der Waals surface area contributed by atoms with Crippen molar-refractivity contribution in [2.75, 3.05) is 25.0 Å². The first-order valence-electron chi connectivity index (χ1n) is 9.60. The first-order chi connectivity index (χ1) is 14.4. The lowest BCUT2D eigenvalue weighted by molar-refractivity contribution is -0.384. The van der Waals surface area contributed by atoms with Crippen molar-refractivity contribution >= 4 is 23.3 Å². The largest absolute Gasteiger partial charge is 0.449 e. The summed E-state index contributed by atoms with van der Waals surface area (Å²) in [4.78, 5) is 37.6. The van der Waals surface area contributed by atoms with E-state index in [-0.39, 0.29) is 36.0 Å². The number of fused-ring (bicyclic) bond motifs is 1. The third-order valence-corrected chi connectivity index (χ3v) is 4.94. The van der Waals surface area contributed by atoms with E-state index in [2.05, 4.69) is 5.32 Å². The van der Waals surface area contributed by atoms with Gasteiger partial charge in [-0.1, -0.05) is 24.3 Å². The highest BCUT2D eigenvalue weighted by Gasteiger charge is 2.28. The van der Waals surface area contributed by atoms with Crippen LogP contribution in [0.5, 0.6) is 0 Å². The molecule has 9 heteroatoms. The van der Waals surface area contributed by atoms with Gasteiger partial charge >= 0.3 is 5.97 Å². The molecule has 158 valence electrons. The van der Waals surface area contributed by atoms with Gasteiger partial charge in [0.25, 0.3) is 11.6 Å². The number of hydrogen-bond donors (Lipinski definition) is 2. The molecular formula is C21H23N3O6. The second kappa shape index (κ2) is 9.36. The summed E-state index contributed by atoms with van der Waals surface area (Å²) in [7, 11) is 0. The molecule has 3 rings (SSSR count). The second-order valence-corrected chi connectivity index (χ2v) is 6.96. The Labute approximate surface area is 173 Å². The summed E-state index contributed by atoms with van der Waals surface area (Å²) in [5, 5.41) is 22.9. The fourth-order valence-corrected chi connectivity index (χ4v) is 3.37. The Balaban J connectivity index is 1.72. The Bertz CT molecular complexity index is 962. The topological polar surface area (TPSA) is 122 Å². The number of amides is 1. The molecular weight excluding hydrogens is 390 g/mol. The quantitative estimate of drug-likeness (QED) is 0.405. The zero-order valence-electron chi connectivity index (χ0n) is 16.5. The third-order valence-electron chi connectivity index (χ3n) is 4.94. The van der Waals surface area contributed by atoms with Gasteiger partial charge in [0, 0.05) is 37.5 Å². The van der Waals surface area contributed by atoms with Crippen molar-refractivity contribution in [3.63, 3.8) is 0 Å². The molecule has 0 aliphatic carbocycles. The molecule has 0 saturated carbocycles. The molecule has 9 nitrogen and oxygen atoms in total. The average molecular weight is 413 g/mol. The van der Waals surface area contributed by atoms with Crippen molar-refractivity contribution in [3.8, 4) is 0 Å². The minimum absolute atomic E-state index is 0.0683. The van der Waals surface area contributed by atoms with Gasteiger partial charge in [0.1, 0.15) is 0 Å². The number of nitro benzene ring substituents is 1. The van der Waals surface area contributed by atoms with Gasteiger partial charge in [-0.15, -0.1) is 0 Å². The summed E-state index contributed by atoms with van der Waals surface area (Å²) >= 11 is 0. The Morgan fingerprint density at radius 3 is 2.70 bits per heavy atom. The highest BCUT2D eigenvalue weighted by atomic mass is 16.6. The number of benzene rings is 2. The van der Waals surface area contributed by atoms with Crippen molar-refractivity contribution in [2.45, 2.75) is 26.0 Å². The van der Waals surface area contributed by atoms with E-state index in [1.54, 1.807) is 4.90 Å². The lowest BCUT2D eigenvalue weighted by atomic mass is 9.99. The minimum Gasteiger partial charge on any atom is -0.449 e. The van der Waals surface area contributed by atoms with Crippen LogP contribution in [0.1, 0.15) is 28.4 Å². The van der Waals surface area contributed by atoms with Crippen LogP contribution in [0.3, 0.4) is 0 Å². The summed E-state index contributed by atoms with van der Waals surface area (Å²) in [6.07, 6.45) is -0.324. The standard InChI is InChI=1S/C21H23N3O6/c1-14(20(26)23-10-8-15-4-2-3-5-16(15)13-23)30-21(27)18-12-17(24(28)29)6-7-19(18)22-9-11-25/h2-7,12,14,22,25H,8-11,13H2,1H3. The maximum absolute atomic E-state index is 12.8. The van der Waals surface area contributed by atoms with Crippen molar-refractivity contribution in [1.29, 1.82) is 0 Å². The lowest BCUT2D eigenvalue weighted by Gasteiger charge is -2.30. The molecule has 1 aliphatic heterocycles. The van der Waals surface area contributed by atoms with Gasteiger partial charge < -0.3 is 20.1 Å².